The van der Waals surface area contributed by atoms with Gasteiger partial charge in [0.1, 0.15) is 23.8 Å². The fraction of sp³-hybridized carbons (Fsp3) is 0.385. The molecule has 4 aliphatic rings. The number of aromatic hydroxyl groups is 2. The lowest BCUT2D eigenvalue weighted by Crippen LogP contribution is -2.73. The summed E-state index contributed by atoms with van der Waals surface area (Å²) in [5.41, 5.74) is -9.54. The van der Waals surface area contributed by atoms with Crippen molar-refractivity contribution in [3.8, 4) is 11.5 Å². The first-order chi connectivity index (χ1) is 26.6. The van der Waals surface area contributed by atoms with E-state index in [0.29, 0.717) is 5.56 Å². The Balaban J connectivity index is 1.33. The Hall–Kier alpha value is -5.40. The number of phenols is 2. The number of ketones is 4. The number of Topliss-reactive ketones (excluding diaryl/α,β-unsaturated/α-hetero) is 3. The minimum atomic E-state index is -3.26. The molecular formula is C39H39N3O14. The third kappa shape index (κ3) is 5.34. The molecule has 17 nitrogen and oxygen atoms in total. The van der Waals surface area contributed by atoms with Crippen molar-refractivity contribution in [1.29, 1.82) is 0 Å². The number of benzene rings is 2. The van der Waals surface area contributed by atoms with Crippen molar-refractivity contribution in [3.63, 3.8) is 0 Å². The maximum atomic E-state index is 14.8. The molecule has 0 bridgehead atoms. The van der Waals surface area contributed by atoms with E-state index in [9.17, 15) is 54.6 Å². The lowest BCUT2D eigenvalue weighted by molar-refractivity contribution is -0.214. The number of pyridine rings is 1. The molecule has 2 heterocycles. The molecule has 7 rings (SSSR count). The van der Waals surface area contributed by atoms with Crippen LogP contribution in [0.5, 0.6) is 11.5 Å². The quantitative estimate of drug-likeness (QED) is 0.148. The molecule has 1 fully saturated rings. The number of rotatable bonds is 8. The second-order valence-corrected chi connectivity index (χ2v) is 14.3. The molecule has 8 atom stereocenters. The molecule has 1 aromatic heterocycles. The lowest BCUT2D eigenvalue weighted by atomic mass is 9.56. The Kier molecular flexibility index (Phi) is 9.69. The van der Waals surface area contributed by atoms with Crippen LogP contribution in [-0.2, 0) is 32.8 Å². The number of hydrogen-bond donors (Lipinski definition) is 8. The molecule has 0 saturated carbocycles. The molecular weight excluding hydrogens is 734 g/mol. The van der Waals surface area contributed by atoms with Crippen LogP contribution in [0.4, 0.5) is 0 Å². The van der Waals surface area contributed by atoms with E-state index in [-0.39, 0.29) is 23.2 Å². The van der Waals surface area contributed by atoms with Crippen LogP contribution in [0.15, 0.2) is 48.4 Å². The minimum Gasteiger partial charge on any atom is -0.507 e. The average molecular weight is 774 g/mol. The molecule has 1 amide bonds. The highest BCUT2D eigenvalue weighted by molar-refractivity contribution is 6.31. The van der Waals surface area contributed by atoms with Crippen molar-refractivity contribution in [1.82, 2.24) is 15.6 Å². The maximum Gasteiger partial charge on any atom is 0.255 e. The highest BCUT2D eigenvalue weighted by Crippen LogP contribution is 2.56. The number of hydrogen-bond acceptors (Lipinski definition) is 16. The predicted molar refractivity (Wildman–Crippen MR) is 190 cm³/mol. The predicted octanol–water partition coefficient (Wildman–Crippen LogP) is -0.118. The monoisotopic (exact) mass is 773 g/mol. The van der Waals surface area contributed by atoms with Crippen LogP contribution in [0.3, 0.4) is 0 Å². The fourth-order valence-corrected chi connectivity index (χ4v) is 8.59. The van der Waals surface area contributed by atoms with E-state index in [1.165, 1.54) is 26.3 Å². The van der Waals surface area contributed by atoms with Gasteiger partial charge in [-0.3, -0.25) is 29.0 Å². The second-order valence-electron chi connectivity index (χ2n) is 14.3. The minimum absolute atomic E-state index is 0.00279. The van der Waals surface area contributed by atoms with Gasteiger partial charge in [-0.1, -0.05) is 12.1 Å². The molecule has 56 heavy (non-hydrogen) atoms. The summed E-state index contributed by atoms with van der Waals surface area (Å²) in [4.78, 5) is 74.6. The van der Waals surface area contributed by atoms with E-state index in [1.807, 2.05) is 0 Å². The first kappa shape index (κ1) is 38.9. The smallest absolute Gasteiger partial charge is 0.255 e. The second kappa shape index (κ2) is 14.0. The number of carbonyl (C=O) groups is 5. The summed E-state index contributed by atoms with van der Waals surface area (Å²) < 4.78 is 16.7. The van der Waals surface area contributed by atoms with E-state index >= 15 is 0 Å². The van der Waals surface area contributed by atoms with Crippen molar-refractivity contribution in [2.24, 2.45) is 5.92 Å². The number of phenolic OH excluding ortho intramolecular Hbond substituents is 2. The van der Waals surface area contributed by atoms with Crippen molar-refractivity contribution in [2.75, 3.05) is 20.8 Å². The molecule has 3 aliphatic carbocycles. The van der Waals surface area contributed by atoms with Gasteiger partial charge in [-0.15, -0.1) is 0 Å². The number of amides is 1. The summed E-state index contributed by atoms with van der Waals surface area (Å²) in [5.74, 6) is -8.54. The van der Waals surface area contributed by atoms with Gasteiger partial charge in [0.25, 0.3) is 5.91 Å². The Morgan fingerprint density at radius 2 is 1.79 bits per heavy atom. The molecule has 0 radical (unpaired) electrons. The van der Waals surface area contributed by atoms with Gasteiger partial charge < -0.3 is 55.5 Å². The molecule has 2 aromatic carbocycles. The lowest BCUT2D eigenvalue weighted by Gasteiger charge is -2.53. The Labute approximate surface area is 318 Å². The number of aliphatic hydroxyl groups excluding tert-OH is 3. The van der Waals surface area contributed by atoms with Crippen LogP contribution >= 0.6 is 0 Å². The van der Waals surface area contributed by atoms with Gasteiger partial charge in [0.2, 0.25) is 17.3 Å². The standard InChI is InChI=1S/C39H39N3O14/c1-15-8-18-9-24(45)39(55-4)35(51)27-20(34(50)38(39,53)28(18)32(49)25(15)36(52)41-13-17-6-5-7-40-12-17)10-19-26(31(27)48)23(44)11-22(29(19)46)42-37-21(14-43)30(47)33(54-3)16(2)56-37/h5-8,10-12,16,21,24,30,33,37,42-43,45,47-49,53H,9,13-14H2,1-4H3,(H,41,52)/t16-,21+,24+,30-,33-,37?,38-,39+/m0/s1. The van der Waals surface area contributed by atoms with Crippen LogP contribution in [0.1, 0.15) is 81.0 Å². The number of nitrogens with zero attached hydrogens (tertiary/aromatic N) is 1. The van der Waals surface area contributed by atoms with Crippen molar-refractivity contribution >= 4 is 29.0 Å². The van der Waals surface area contributed by atoms with E-state index in [1.54, 1.807) is 25.3 Å². The summed E-state index contributed by atoms with van der Waals surface area (Å²) >= 11 is 0. The number of aryl methyl sites for hydroxylation is 1. The molecule has 0 spiro atoms. The number of carbonyl (C=O) groups excluding carboxylic acids is 5. The summed E-state index contributed by atoms with van der Waals surface area (Å²) in [7, 11) is 2.27. The fourth-order valence-electron chi connectivity index (χ4n) is 8.59. The molecule has 1 saturated heterocycles. The largest absolute Gasteiger partial charge is 0.507 e. The van der Waals surface area contributed by atoms with Crippen molar-refractivity contribution in [3.05, 3.63) is 98.5 Å². The number of methoxy groups -OCH3 is 2. The van der Waals surface area contributed by atoms with Crippen LogP contribution < -0.4 is 10.6 Å². The third-order valence-electron chi connectivity index (χ3n) is 11.3. The Bertz CT molecular complexity index is 2240. The summed E-state index contributed by atoms with van der Waals surface area (Å²) in [6.07, 6.45) is -2.61. The number of nitrogens with one attached hydrogen (secondary N) is 2. The van der Waals surface area contributed by atoms with E-state index in [0.717, 1.165) is 19.3 Å². The number of allylic oxidation sites excluding steroid dienone is 2. The van der Waals surface area contributed by atoms with Crippen molar-refractivity contribution in [2.45, 2.75) is 68.7 Å². The van der Waals surface area contributed by atoms with Gasteiger partial charge in [-0.2, -0.15) is 0 Å². The van der Waals surface area contributed by atoms with E-state index in [4.69, 9.17) is 14.2 Å². The molecule has 3 aromatic rings. The number of aliphatic hydroxyl groups is 4. The van der Waals surface area contributed by atoms with E-state index < -0.39 is 135 Å². The molecule has 1 aliphatic heterocycles. The van der Waals surface area contributed by atoms with Crippen LogP contribution in [0, 0.1) is 12.8 Å². The summed E-state index contributed by atoms with van der Waals surface area (Å²) in [5, 5.41) is 73.9. The van der Waals surface area contributed by atoms with Gasteiger partial charge in [-0.25, -0.2) is 0 Å². The highest BCUT2D eigenvalue weighted by Gasteiger charge is 2.72. The van der Waals surface area contributed by atoms with Crippen LogP contribution in [0.2, 0.25) is 0 Å². The first-order valence-electron chi connectivity index (χ1n) is 17.6. The van der Waals surface area contributed by atoms with Crippen LogP contribution in [-0.4, -0.2) is 122 Å². The SMILES string of the molecule is CO[C@@H]1[C@@H](O)[C@@H](CO)C(NC2=CC(=O)c3c(cc4c(c3O)C(=O)[C@]3(OC)[C@H](O)Cc5cc(C)c(C(=O)NCc6cccnc6)c(O)c5[C@]3(O)C4=O)C2=O)O[C@H]1C. The number of fused-ring (bicyclic) bond motifs is 5. The number of aromatic nitrogens is 1. The zero-order chi connectivity index (χ0) is 40.6. The number of ether oxygens (including phenoxy) is 3. The van der Waals surface area contributed by atoms with Gasteiger partial charge in [0.15, 0.2) is 17.0 Å². The highest BCUT2D eigenvalue weighted by atomic mass is 16.6. The van der Waals surface area contributed by atoms with Gasteiger partial charge >= 0.3 is 0 Å². The average Bonchev–Trinajstić information content (AvgIpc) is 3.15. The third-order valence-corrected chi connectivity index (χ3v) is 11.3. The topological polar surface area (TPSA) is 271 Å². The maximum absolute atomic E-state index is 14.8. The summed E-state index contributed by atoms with van der Waals surface area (Å²) in [6.45, 7) is 2.45. The molecule has 294 valence electrons. The van der Waals surface area contributed by atoms with Crippen LogP contribution in [0.25, 0.3) is 0 Å². The van der Waals surface area contributed by atoms with Gasteiger partial charge in [-0.05, 0) is 42.7 Å². The molecule has 17 heteroatoms. The zero-order valence-corrected chi connectivity index (χ0v) is 30.5. The molecule has 8 N–H and O–H groups in total. The van der Waals surface area contributed by atoms with Gasteiger partial charge in [0, 0.05) is 62.3 Å². The molecule has 1 unspecified atom stereocenters. The Morgan fingerprint density at radius 3 is 2.43 bits per heavy atom. The summed E-state index contributed by atoms with van der Waals surface area (Å²) in [6, 6.07) is 5.57. The zero-order valence-electron chi connectivity index (χ0n) is 30.5. The van der Waals surface area contributed by atoms with E-state index in [2.05, 4.69) is 15.6 Å². The Morgan fingerprint density at radius 1 is 1.05 bits per heavy atom. The normalized spacial score (nSPS) is 29.5. The van der Waals surface area contributed by atoms with Gasteiger partial charge in [0.05, 0.1) is 53.2 Å². The van der Waals surface area contributed by atoms with Crippen molar-refractivity contribution < 1.29 is 68.8 Å². The first-order valence-corrected chi connectivity index (χ1v) is 17.6.